The van der Waals surface area contributed by atoms with Crippen molar-refractivity contribution in [2.24, 2.45) is 0 Å². The second-order valence-electron chi connectivity index (χ2n) is 7.77. The highest BCUT2D eigenvalue weighted by Crippen LogP contribution is 2.48. The van der Waals surface area contributed by atoms with Gasteiger partial charge in [0.25, 0.3) is 0 Å². The van der Waals surface area contributed by atoms with Crippen molar-refractivity contribution in [2.75, 3.05) is 25.5 Å². The highest BCUT2D eigenvalue weighted by molar-refractivity contribution is 6.35. The molecule has 2 amide bonds. The molecule has 2 aliphatic heterocycles. The third-order valence-electron chi connectivity index (χ3n) is 6.01. The molecule has 0 unspecified atom stereocenters. The predicted octanol–water partition coefficient (Wildman–Crippen LogP) is 3.98. The summed E-state index contributed by atoms with van der Waals surface area (Å²) in [7, 11) is 1.00. The fourth-order valence-corrected chi connectivity index (χ4v) is 5.06. The van der Waals surface area contributed by atoms with E-state index in [2.05, 4.69) is 15.5 Å². The van der Waals surface area contributed by atoms with E-state index in [1.807, 2.05) is 6.07 Å². The molecule has 1 aliphatic carbocycles. The van der Waals surface area contributed by atoms with Crippen molar-refractivity contribution >= 4 is 34.4 Å². The van der Waals surface area contributed by atoms with E-state index in [0.29, 0.717) is 10.7 Å². The summed E-state index contributed by atoms with van der Waals surface area (Å²) < 4.78 is 6.24. The maximum atomic E-state index is 12.3. The van der Waals surface area contributed by atoms with E-state index in [0.717, 1.165) is 75.0 Å². The second kappa shape index (κ2) is 7.89. The van der Waals surface area contributed by atoms with Gasteiger partial charge in [-0.25, -0.2) is 9.78 Å². The van der Waals surface area contributed by atoms with Crippen molar-refractivity contribution in [3.05, 3.63) is 22.5 Å². The molecule has 1 aromatic carbocycles. The first-order valence-corrected chi connectivity index (χ1v) is 10.4. The molecule has 2 fully saturated rings. The number of hydrogen-bond acceptors (Lipinski definition) is 5. The molecule has 0 atom stereocenters. The highest BCUT2D eigenvalue weighted by atomic mass is 35.5. The Balaban J connectivity index is 0.000000932. The molecule has 5 rings (SSSR count). The van der Waals surface area contributed by atoms with Crippen LogP contribution in [0.3, 0.4) is 0 Å². The SMILES string of the molecule is CO.O=C1Nc2c(Cl)cc3nc(CN4CCCC4)oc3c2C2(CCCCC2)N1. The van der Waals surface area contributed by atoms with E-state index in [4.69, 9.17) is 26.1 Å². The number of oxazole rings is 1. The van der Waals surface area contributed by atoms with Crippen LogP contribution in [0.25, 0.3) is 11.1 Å². The molecule has 0 bridgehead atoms. The van der Waals surface area contributed by atoms with E-state index >= 15 is 0 Å². The van der Waals surface area contributed by atoms with Gasteiger partial charge in [-0.3, -0.25) is 4.90 Å². The molecule has 8 heteroatoms. The Morgan fingerprint density at radius 2 is 1.93 bits per heavy atom. The molecular weight excluding hydrogens is 380 g/mol. The van der Waals surface area contributed by atoms with Gasteiger partial charge in [0, 0.05) is 12.7 Å². The van der Waals surface area contributed by atoms with E-state index in [9.17, 15) is 4.79 Å². The number of hydrogen-bond donors (Lipinski definition) is 3. The van der Waals surface area contributed by atoms with Crippen molar-refractivity contribution in [2.45, 2.75) is 57.0 Å². The number of amides is 2. The van der Waals surface area contributed by atoms with Gasteiger partial charge in [-0.1, -0.05) is 30.9 Å². The number of aliphatic hydroxyl groups is 1. The lowest BCUT2D eigenvalue weighted by Crippen LogP contribution is -2.52. The topological polar surface area (TPSA) is 90.6 Å². The Hall–Kier alpha value is -1.83. The lowest BCUT2D eigenvalue weighted by atomic mass is 9.74. The van der Waals surface area contributed by atoms with Gasteiger partial charge in [0.15, 0.2) is 5.58 Å². The number of benzene rings is 1. The van der Waals surface area contributed by atoms with Gasteiger partial charge in [-0.15, -0.1) is 0 Å². The molecular formula is C20H27ClN4O3. The van der Waals surface area contributed by atoms with Crippen LogP contribution >= 0.6 is 11.6 Å². The number of aromatic nitrogens is 1. The minimum absolute atomic E-state index is 0.183. The number of anilines is 1. The number of nitrogens with one attached hydrogen (secondary N) is 2. The van der Waals surface area contributed by atoms with Gasteiger partial charge < -0.3 is 20.2 Å². The number of aliphatic hydroxyl groups excluding tert-OH is 1. The van der Waals surface area contributed by atoms with Crippen LogP contribution in [0.15, 0.2) is 10.5 Å². The summed E-state index contributed by atoms with van der Waals surface area (Å²) in [6.07, 6.45) is 7.66. The normalized spacial score (nSPS) is 21.0. The Labute approximate surface area is 169 Å². The minimum Gasteiger partial charge on any atom is -0.439 e. The summed E-state index contributed by atoms with van der Waals surface area (Å²) in [6, 6.07) is 1.63. The Morgan fingerprint density at radius 1 is 1.21 bits per heavy atom. The van der Waals surface area contributed by atoms with Crippen LogP contribution in [0.4, 0.5) is 10.5 Å². The Morgan fingerprint density at radius 3 is 2.64 bits per heavy atom. The van der Waals surface area contributed by atoms with E-state index in [-0.39, 0.29) is 6.03 Å². The predicted molar refractivity (Wildman–Crippen MR) is 109 cm³/mol. The Kier molecular flexibility index (Phi) is 5.49. The van der Waals surface area contributed by atoms with Gasteiger partial charge in [0.2, 0.25) is 5.89 Å². The van der Waals surface area contributed by atoms with Crippen molar-refractivity contribution in [3.63, 3.8) is 0 Å². The van der Waals surface area contributed by atoms with Crippen LogP contribution in [0.5, 0.6) is 0 Å². The first-order valence-electron chi connectivity index (χ1n) is 10.0. The molecule has 3 N–H and O–H groups in total. The zero-order valence-electron chi connectivity index (χ0n) is 16.2. The number of carbonyl (C=O) groups excluding carboxylic acids is 1. The van der Waals surface area contributed by atoms with Crippen LogP contribution in [-0.4, -0.2) is 41.2 Å². The summed E-state index contributed by atoms with van der Waals surface area (Å²) >= 11 is 6.53. The summed E-state index contributed by atoms with van der Waals surface area (Å²) in [5.74, 6) is 0.731. The fraction of sp³-hybridized carbons (Fsp3) is 0.600. The van der Waals surface area contributed by atoms with Crippen LogP contribution in [0.2, 0.25) is 5.02 Å². The third kappa shape index (κ3) is 3.36. The molecule has 0 radical (unpaired) electrons. The number of halogens is 1. The summed E-state index contributed by atoms with van der Waals surface area (Å²) in [5, 5.41) is 13.6. The Bertz CT molecular complexity index is 870. The molecule has 3 heterocycles. The second-order valence-corrected chi connectivity index (χ2v) is 8.18. The van der Waals surface area contributed by atoms with Crippen molar-refractivity contribution in [1.82, 2.24) is 15.2 Å². The first kappa shape index (κ1) is 19.5. The zero-order valence-corrected chi connectivity index (χ0v) is 16.9. The van der Waals surface area contributed by atoms with Gasteiger partial charge >= 0.3 is 6.03 Å². The minimum atomic E-state index is -0.399. The highest BCUT2D eigenvalue weighted by Gasteiger charge is 2.44. The number of likely N-dealkylation sites (tertiary alicyclic amines) is 1. The maximum Gasteiger partial charge on any atom is 0.319 e. The number of nitrogens with zero attached hydrogens (tertiary/aromatic N) is 2. The van der Waals surface area contributed by atoms with Gasteiger partial charge in [0.05, 0.1) is 22.8 Å². The number of rotatable bonds is 2. The first-order chi connectivity index (χ1) is 13.6. The molecule has 28 heavy (non-hydrogen) atoms. The quantitative estimate of drug-likeness (QED) is 0.701. The van der Waals surface area contributed by atoms with E-state index < -0.39 is 5.54 Å². The average molecular weight is 407 g/mol. The summed E-state index contributed by atoms with van der Waals surface area (Å²) in [6.45, 7) is 2.92. The zero-order chi connectivity index (χ0) is 19.7. The lowest BCUT2D eigenvalue weighted by Gasteiger charge is -2.42. The largest absolute Gasteiger partial charge is 0.439 e. The lowest BCUT2D eigenvalue weighted by molar-refractivity contribution is 0.208. The number of carbonyl (C=O) groups is 1. The smallest absolute Gasteiger partial charge is 0.319 e. The fourth-order valence-electron chi connectivity index (χ4n) is 4.81. The molecule has 3 aliphatic rings. The van der Waals surface area contributed by atoms with Gasteiger partial charge in [0.1, 0.15) is 5.52 Å². The van der Waals surface area contributed by atoms with Crippen LogP contribution in [0.1, 0.15) is 56.4 Å². The standard InChI is InChI=1S/C19H23ClN4O2.CH4O/c20-12-10-13-17(26-14(21-13)11-24-8-4-5-9-24)15-16(12)22-18(25)23-19(15)6-2-1-3-7-19;1-2/h10H,1-9,11H2,(H2,22,23,25);2H,1H3. The molecule has 1 spiro atoms. The maximum absolute atomic E-state index is 12.3. The van der Waals surface area contributed by atoms with Crippen molar-refractivity contribution in [3.8, 4) is 0 Å². The van der Waals surface area contributed by atoms with Crippen molar-refractivity contribution < 1.29 is 14.3 Å². The van der Waals surface area contributed by atoms with E-state index in [1.165, 1.54) is 19.3 Å². The third-order valence-corrected chi connectivity index (χ3v) is 6.31. The summed E-state index contributed by atoms with van der Waals surface area (Å²) in [4.78, 5) is 19.4. The monoisotopic (exact) mass is 406 g/mol. The molecule has 2 aromatic rings. The number of fused-ring (bicyclic) bond motifs is 4. The van der Waals surface area contributed by atoms with Gasteiger partial charge in [-0.05, 0) is 44.8 Å². The molecule has 152 valence electrons. The van der Waals surface area contributed by atoms with Crippen LogP contribution < -0.4 is 10.6 Å². The molecule has 1 aromatic heterocycles. The molecule has 1 saturated heterocycles. The van der Waals surface area contributed by atoms with Crippen molar-refractivity contribution in [1.29, 1.82) is 0 Å². The van der Waals surface area contributed by atoms with E-state index in [1.54, 1.807) is 0 Å². The average Bonchev–Trinajstić information content (AvgIpc) is 3.34. The summed E-state index contributed by atoms with van der Waals surface area (Å²) in [5.41, 5.74) is 2.83. The number of urea groups is 1. The molecule has 7 nitrogen and oxygen atoms in total. The molecule has 1 saturated carbocycles. The van der Waals surface area contributed by atoms with Crippen LogP contribution in [-0.2, 0) is 12.1 Å². The van der Waals surface area contributed by atoms with Gasteiger partial charge in [-0.2, -0.15) is 0 Å². The van der Waals surface area contributed by atoms with Crippen LogP contribution in [0, 0.1) is 0 Å².